The van der Waals surface area contributed by atoms with Crippen LogP contribution in [0.2, 0.25) is 0 Å². The number of nitrogens with one attached hydrogen (secondary N) is 1. The van der Waals surface area contributed by atoms with E-state index in [4.69, 9.17) is 0 Å². The van der Waals surface area contributed by atoms with Gasteiger partial charge in [-0.05, 0) is 56.4 Å². The van der Waals surface area contributed by atoms with E-state index in [2.05, 4.69) is 46.4 Å². The molecule has 1 fully saturated rings. The predicted octanol–water partition coefficient (Wildman–Crippen LogP) is 3.60. The van der Waals surface area contributed by atoms with E-state index in [0.717, 1.165) is 42.7 Å². The summed E-state index contributed by atoms with van der Waals surface area (Å²) in [4.78, 5) is 22.7. The van der Waals surface area contributed by atoms with Crippen LogP contribution in [0.1, 0.15) is 31.4 Å². The molecule has 1 aliphatic rings. The maximum absolute atomic E-state index is 12.7. The number of benzene rings is 1. The fourth-order valence-electron chi connectivity index (χ4n) is 4.25. The van der Waals surface area contributed by atoms with Gasteiger partial charge in [0.15, 0.2) is 0 Å². The van der Waals surface area contributed by atoms with Crippen molar-refractivity contribution in [2.45, 2.75) is 32.7 Å². The highest BCUT2D eigenvalue weighted by molar-refractivity contribution is 5.83. The fraction of sp³-hybridized carbons (Fsp3) is 0.429. The zero-order chi connectivity index (χ0) is 18.3. The van der Waals surface area contributed by atoms with E-state index in [0.29, 0.717) is 17.5 Å². The Balaban J connectivity index is 1.81. The normalized spacial score (nSPS) is 21.3. The highest BCUT2D eigenvalue weighted by Crippen LogP contribution is 2.33. The number of hydrogen-bond acceptors (Lipinski definition) is 3. The maximum atomic E-state index is 12.7. The van der Waals surface area contributed by atoms with E-state index < -0.39 is 0 Å². The third-order valence-electron chi connectivity index (χ3n) is 5.69. The highest BCUT2D eigenvalue weighted by Gasteiger charge is 2.29. The van der Waals surface area contributed by atoms with Crippen LogP contribution < -0.4 is 5.56 Å². The number of piperidine rings is 1. The molecule has 3 aromatic rings. The fourth-order valence-corrected chi connectivity index (χ4v) is 4.25. The van der Waals surface area contributed by atoms with Crippen molar-refractivity contribution >= 4 is 10.9 Å². The van der Waals surface area contributed by atoms with Crippen molar-refractivity contribution in [1.82, 2.24) is 19.4 Å². The van der Waals surface area contributed by atoms with Crippen LogP contribution in [0.3, 0.4) is 0 Å². The first-order chi connectivity index (χ1) is 12.6. The van der Waals surface area contributed by atoms with Gasteiger partial charge in [0, 0.05) is 30.5 Å². The smallest absolute Gasteiger partial charge is 0.259 e. The minimum absolute atomic E-state index is 0.0743. The van der Waals surface area contributed by atoms with Gasteiger partial charge in [-0.1, -0.05) is 25.0 Å². The summed E-state index contributed by atoms with van der Waals surface area (Å²) in [5.74, 6) is 1.35. The Morgan fingerprint density at radius 3 is 2.96 bits per heavy atom. The highest BCUT2D eigenvalue weighted by atomic mass is 16.1. The van der Waals surface area contributed by atoms with Crippen LogP contribution in [0, 0.1) is 12.8 Å². The third-order valence-corrected chi connectivity index (χ3v) is 5.69. The average molecular weight is 350 g/mol. The van der Waals surface area contributed by atoms with Crippen molar-refractivity contribution in [3.63, 3.8) is 0 Å². The molecule has 0 unspecified atom stereocenters. The summed E-state index contributed by atoms with van der Waals surface area (Å²) in [6, 6.07) is 8.46. The second kappa shape index (κ2) is 6.72. The van der Waals surface area contributed by atoms with Crippen LogP contribution in [0.25, 0.3) is 22.3 Å². The molecule has 0 amide bonds. The Labute approximate surface area is 153 Å². The van der Waals surface area contributed by atoms with Gasteiger partial charge in [-0.3, -0.25) is 4.79 Å². The molecular weight excluding hydrogens is 324 g/mol. The van der Waals surface area contributed by atoms with E-state index in [-0.39, 0.29) is 5.56 Å². The van der Waals surface area contributed by atoms with Crippen LogP contribution >= 0.6 is 0 Å². The molecular formula is C21H26N4O. The van der Waals surface area contributed by atoms with Gasteiger partial charge in [-0.25, -0.2) is 4.98 Å². The summed E-state index contributed by atoms with van der Waals surface area (Å²) < 4.78 is 2.23. The Kier molecular flexibility index (Phi) is 4.41. The van der Waals surface area contributed by atoms with E-state index in [1.54, 1.807) is 0 Å². The molecule has 2 aromatic heterocycles. The van der Waals surface area contributed by atoms with Crippen molar-refractivity contribution in [3.8, 4) is 11.4 Å². The molecule has 0 spiro atoms. The number of aromatic nitrogens is 3. The maximum Gasteiger partial charge on any atom is 0.259 e. The summed E-state index contributed by atoms with van der Waals surface area (Å²) in [5.41, 5.74) is 2.63. The van der Waals surface area contributed by atoms with Crippen molar-refractivity contribution in [3.05, 3.63) is 52.6 Å². The predicted molar refractivity (Wildman–Crippen MR) is 105 cm³/mol. The lowest BCUT2D eigenvalue weighted by Crippen LogP contribution is -2.39. The number of pyridine rings is 1. The molecule has 0 saturated carbocycles. The SMILES string of the molecule is CC[C@@H]1CN(C)CC[C@H]1n1ccnc1-c1cc2cc(C)ccc2[nH]c1=O. The first-order valence-corrected chi connectivity index (χ1v) is 9.42. The molecule has 2 atom stereocenters. The second-order valence-electron chi connectivity index (χ2n) is 7.55. The van der Waals surface area contributed by atoms with Gasteiger partial charge in [-0.2, -0.15) is 0 Å². The number of fused-ring (bicyclic) bond motifs is 1. The van der Waals surface area contributed by atoms with Crippen LogP contribution in [0.15, 0.2) is 41.5 Å². The molecule has 26 heavy (non-hydrogen) atoms. The Morgan fingerprint density at radius 1 is 1.31 bits per heavy atom. The number of imidazole rings is 1. The molecule has 1 saturated heterocycles. The summed E-state index contributed by atoms with van der Waals surface area (Å²) >= 11 is 0. The van der Waals surface area contributed by atoms with E-state index in [1.807, 2.05) is 30.6 Å². The molecule has 5 heteroatoms. The number of H-pyrrole nitrogens is 1. The zero-order valence-electron chi connectivity index (χ0n) is 15.7. The number of hydrogen-bond donors (Lipinski definition) is 1. The van der Waals surface area contributed by atoms with Gasteiger partial charge in [0.1, 0.15) is 5.82 Å². The van der Waals surface area contributed by atoms with Crippen LogP contribution in [0.5, 0.6) is 0 Å². The summed E-state index contributed by atoms with van der Waals surface area (Å²) in [5, 5.41) is 1.05. The number of nitrogens with zero attached hydrogens (tertiary/aromatic N) is 3. The monoisotopic (exact) mass is 350 g/mol. The zero-order valence-corrected chi connectivity index (χ0v) is 15.7. The molecule has 136 valence electrons. The lowest BCUT2D eigenvalue weighted by molar-refractivity contribution is 0.144. The minimum atomic E-state index is -0.0743. The van der Waals surface area contributed by atoms with Gasteiger partial charge in [0.25, 0.3) is 5.56 Å². The molecule has 5 nitrogen and oxygen atoms in total. The Morgan fingerprint density at radius 2 is 2.15 bits per heavy atom. The summed E-state index contributed by atoms with van der Waals surface area (Å²) in [7, 11) is 2.18. The van der Waals surface area contributed by atoms with Crippen molar-refractivity contribution in [2.24, 2.45) is 5.92 Å². The molecule has 0 radical (unpaired) electrons. The van der Waals surface area contributed by atoms with Gasteiger partial charge >= 0.3 is 0 Å². The van der Waals surface area contributed by atoms with Crippen molar-refractivity contribution in [1.29, 1.82) is 0 Å². The number of aryl methyl sites for hydroxylation is 1. The van der Waals surface area contributed by atoms with Crippen LogP contribution in [0.4, 0.5) is 0 Å². The van der Waals surface area contributed by atoms with Gasteiger partial charge in [0.2, 0.25) is 0 Å². The van der Waals surface area contributed by atoms with Crippen molar-refractivity contribution < 1.29 is 0 Å². The van der Waals surface area contributed by atoms with Crippen molar-refractivity contribution in [2.75, 3.05) is 20.1 Å². The topological polar surface area (TPSA) is 53.9 Å². The Bertz CT molecular complexity index is 987. The molecule has 0 aliphatic carbocycles. The van der Waals surface area contributed by atoms with Crippen LogP contribution in [-0.2, 0) is 0 Å². The standard InChI is InChI=1S/C21H26N4O/c1-4-15-13-24(3)9-7-19(15)25-10-8-22-20(25)17-12-16-11-14(2)5-6-18(16)23-21(17)26/h5-6,8,10-12,15,19H,4,7,9,13H2,1-3H3,(H,23,26)/t15-,19-/m1/s1. The summed E-state index contributed by atoms with van der Waals surface area (Å²) in [6.45, 7) is 6.48. The number of rotatable bonds is 3. The largest absolute Gasteiger partial charge is 0.327 e. The second-order valence-corrected chi connectivity index (χ2v) is 7.55. The molecule has 1 aliphatic heterocycles. The first kappa shape index (κ1) is 17.0. The minimum Gasteiger partial charge on any atom is -0.327 e. The molecule has 3 heterocycles. The quantitative estimate of drug-likeness (QED) is 0.785. The first-order valence-electron chi connectivity index (χ1n) is 9.42. The number of likely N-dealkylation sites (tertiary alicyclic amines) is 1. The van der Waals surface area contributed by atoms with E-state index >= 15 is 0 Å². The molecule has 1 N–H and O–H groups in total. The lowest BCUT2D eigenvalue weighted by atomic mass is 9.89. The average Bonchev–Trinajstić information content (AvgIpc) is 3.10. The lowest BCUT2D eigenvalue weighted by Gasteiger charge is -2.37. The molecule has 1 aromatic carbocycles. The number of aromatic amines is 1. The van der Waals surface area contributed by atoms with Gasteiger partial charge < -0.3 is 14.5 Å². The van der Waals surface area contributed by atoms with Crippen LogP contribution in [-0.4, -0.2) is 39.6 Å². The van der Waals surface area contributed by atoms with Gasteiger partial charge in [-0.15, -0.1) is 0 Å². The third kappa shape index (κ3) is 2.97. The Hall–Kier alpha value is -2.40. The summed E-state index contributed by atoms with van der Waals surface area (Å²) in [6.07, 6.45) is 6.07. The van der Waals surface area contributed by atoms with E-state index in [1.165, 1.54) is 5.56 Å². The van der Waals surface area contributed by atoms with Gasteiger partial charge in [0.05, 0.1) is 5.56 Å². The molecule has 4 rings (SSSR count). The molecule has 0 bridgehead atoms. The van der Waals surface area contributed by atoms with E-state index in [9.17, 15) is 4.79 Å².